The summed E-state index contributed by atoms with van der Waals surface area (Å²) >= 11 is 0. The highest BCUT2D eigenvalue weighted by atomic mass is 16.2. The van der Waals surface area contributed by atoms with Crippen molar-refractivity contribution < 1.29 is 9.59 Å². The predicted octanol–water partition coefficient (Wildman–Crippen LogP) is 0.0169. The molecule has 0 radical (unpaired) electrons. The Bertz CT molecular complexity index is 367. The van der Waals surface area contributed by atoms with Gasteiger partial charge in [-0.2, -0.15) is 0 Å². The van der Waals surface area contributed by atoms with E-state index < -0.39 is 0 Å². The van der Waals surface area contributed by atoms with Crippen molar-refractivity contribution in [3.63, 3.8) is 0 Å². The number of rotatable bonds is 5. The van der Waals surface area contributed by atoms with Crippen molar-refractivity contribution in [2.45, 2.75) is 13.5 Å². The topological polar surface area (TPSA) is 83.1 Å². The van der Waals surface area contributed by atoms with Gasteiger partial charge in [0.15, 0.2) is 0 Å². The summed E-state index contributed by atoms with van der Waals surface area (Å²) in [6.45, 7) is 2.69. The van der Waals surface area contributed by atoms with E-state index in [1.807, 2.05) is 12.1 Å². The van der Waals surface area contributed by atoms with Crippen molar-refractivity contribution in [1.29, 1.82) is 0 Å². The van der Waals surface area contributed by atoms with Crippen LogP contribution < -0.4 is 16.0 Å². The molecular formula is C11H16N4O2. The summed E-state index contributed by atoms with van der Waals surface area (Å²) in [5.74, 6) is -0.109. The molecule has 6 heteroatoms. The molecule has 17 heavy (non-hydrogen) atoms. The second kappa shape index (κ2) is 7.21. The zero-order chi connectivity index (χ0) is 12.5. The first-order chi connectivity index (χ1) is 8.18. The molecule has 0 aromatic carbocycles. The maximum absolute atomic E-state index is 11.3. The van der Waals surface area contributed by atoms with Gasteiger partial charge in [-0.3, -0.25) is 9.78 Å². The number of hydrogen-bond donors (Lipinski definition) is 3. The summed E-state index contributed by atoms with van der Waals surface area (Å²) in [6, 6.07) is 3.43. The molecule has 0 bridgehead atoms. The standard InChI is InChI=1S/C11H16N4O2/c1-9(16)13-5-6-14-11(17)15-8-10-3-2-4-12-7-10/h2-4,7H,5-6,8H2,1H3,(H,13,16)(H2,14,15,17). The maximum atomic E-state index is 11.3. The minimum atomic E-state index is -0.265. The molecule has 3 amide bonds. The van der Waals surface area contributed by atoms with Gasteiger partial charge in [0, 0.05) is 39.0 Å². The molecule has 1 aromatic heterocycles. The van der Waals surface area contributed by atoms with Gasteiger partial charge in [-0.1, -0.05) is 6.07 Å². The van der Waals surface area contributed by atoms with Crippen molar-refractivity contribution in [1.82, 2.24) is 20.9 Å². The molecule has 0 fully saturated rings. The molecule has 0 unspecified atom stereocenters. The molecule has 0 aliphatic heterocycles. The second-order valence-corrected chi connectivity index (χ2v) is 3.45. The van der Waals surface area contributed by atoms with Crippen molar-refractivity contribution in [3.8, 4) is 0 Å². The predicted molar refractivity (Wildman–Crippen MR) is 63.2 cm³/mol. The first-order valence-corrected chi connectivity index (χ1v) is 5.33. The zero-order valence-electron chi connectivity index (χ0n) is 9.69. The Hall–Kier alpha value is -2.11. The van der Waals surface area contributed by atoms with Crippen LogP contribution in [0.1, 0.15) is 12.5 Å². The Morgan fingerprint density at radius 1 is 1.24 bits per heavy atom. The minimum absolute atomic E-state index is 0.109. The van der Waals surface area contributed by atoms with Crippen molar-refractivity contribution in [2.75, 3.05) is 13.1 Å². The van der Waals surface area contributed by atoms with Gasteiger partial charge in [-0.25, -0.2) is 4.79 Å². The molecule has 0 aliphatic rings. The molecule has 3 N–H and O–H groups in total. The molecule has 0 spiro atoms. The molecule has 0 saturated carbocycles. The number of amides is 3. The first kappa shape index (κ1) is 13.0. The average Bonchev–Trinajstić information content (AvgIpc) is 2.33. The van der Waals surface area contributed by atoms with E-state index in [-0.39, 0.29) is 11.9 Å². The fraction of sp³-hybridized carbons (Fsp3) is 0.364. The largest absolute Gasteiger partial charge is 0.355 e. The van der Waals surface area contributed by atoms with Crippen LogP contribution in [-0.2, 0) is 11.3 Å². The monoisotopic (exact) mass is 236 g/mol. The Labute approximate surface area is 99.8 Å². The maximum Gasteiger partial charge on any atom is 0.315 e. The van der Waals surface area contributed by atoms with E-state index >= 15 is 0 Å². The number of nitrogens with zero attached hydrogens (tertiary/aromatic N) is 1. The van der Waals surface area contributed by atoms with E-state index in [2.05, 4.69) is 20.9 Å². The number of pyridine rings is 1. The van der Waals surface area contributed by atoms with Crippen LogP contribution in [0.3, 0.4) is 0 Å². The molecule has 92 valence electrons. The van der Waals surface area contributed by atoms with Gasteiger partial charge in [0.05, 0.1) is 0 Å². The second-order valence-electron chi connectivity index (χ2n) is 3.45. The molecule has 1 aromatic rings. The SMILES string of the molecule is CC(=O)NCCNC(=O)NCc1cccnc1. The Balaban J connectivity index is 2.11. The summed E-state index contributed by atoms with van der Waals surface area (Å²) < 4.78 is 0. The van der Waals surface area contributed by atoms with Gasteiger partial charge >= 0.3 is 6.03 Å². The lowest BCUT2D eigenvalue weighted by molar-refractivity contribution is -0.118. The van der Waals surface area contributed by atoms with Crippen molar-refractivity contribution in [3.05, 3.63) is 30.1 Å². The normalized spacial score (nSPS) is 9.47. The van der Waals surface area contributed by atoms with E-state index in [9.17, 15) is 9.59 Å². The Kier molecular flexibility index (Phi) is 5.50. The fourth-order valence-corrected chi connectivity index (χ4v) is 1.16. The van der Waals surface area contributed by atoms with Crippen LogP contribution >= 0.6 is 0 Å². The summed E-state index contributed by atoms with van der Waals surface area (Å²) in [4.78, 5) is 25.8. The number of hydrogen-bond acceptors (Lipinski definition) is 3. The molecule has 0 aliphatic carbocycles. The lowest BCUT2D eigenvalue weighted by Gasteiger charge is -2.07. The quantitative estimate of drug-likeness (QED) is 0.630. The first-order valence-electron chi connectivity index (χ1n) is 5.33. The lowest BCUT2D eigenvalue weighted by Crippen LogP contribution is -2.39. The third-order valence-electron chi connectivity index (χ3n) is 1.96. The summed E-state index contributed by atoms with van der Waals surface area (Å²) in [6.07, 6.45) is 3.37. The van der Waals surface area contributed by atoms with Crippen molar-refractivity contribution >= 4 is 11.9 Å². The van der Waals surface area contributed by atoms with Crippen LogP contribution in [0, 0.1) is 0 Å². The van der Waals surface area contributed by atoms with Crippen LogP contribution in [0.5, 0.6) is 0 Å². The van der Waals surface area contributed by atoms with Gasteiger partial charge in [0.1, 0.15) is 0 Å². The average molecular weight is 236 g/mol. The van der Waals surface area contributed by atoms with Crippen LogP contribution in [-0.4, -0.2) is 30.0 Å². The van der Waals surface area contributed by atoms with Gasteiger partial charge in [0.25, 0.3) is 0 Å². The molecule has 1 rings (SSSR count). The van der Waals surface area contributed by atoms with Crippen molar-refractivity contribution in [2.24, 2.45) is 0 Å². The third-order valence-corrected chi connectivity index (χ3v) is 1.96. The van der Waals surface area contributed by atoms with E-state index in [1.54, 1.807) is 12.4 Å². The Morgan fingerprint density at radius 3 is 2.65 bits per heavy atom. The summed E-state index contributed by atoms with van der Waals surface area (Å²) in [7, 11) is 0. The molecular weight excluding hydrogens is 220 g/mol. The molecule has 6 nitrogen and oxygen atoms in total. The minimum Gasteiger partial charge on any atom is -0.355 e. The highest BCUT2D eigenvalue weighted by Gasteiger charge is 1.99. The number of carbonyl (C=O) groups excluding carboxylic acids is 2. The van der Waals surface area contributed by atoms with Gasteiger partial charge in [-0.15, -0.1) is 0 Å². The van der Waals surface area contributed by atoms with Gasteiger partial charge in [0.2, 0.25) is 5.91 Å². The number of aromatic nitrogens is 1. The number of urea groups is 1. The fourth-order valence-electron chi connectivity index (χ4n) is 1.16. The highest BCUT2D eigenvalue weighted by molar-refractivity contribution is 5.74. The van der Waals surface area contributed by atoms with Crippen LogP contribution in [0.25, 0.3) is 0 Å². The van der Waals surface area contributed by atoms with Gasteiger partial charge in [-0.05, 0) is 11.6 Å². The van der Waals surface area contributed by atoms with E-state index in [1.165, 1.54) is 6.92 Å². The smallest absolute Gasteiger partial charge is 0.315 e. The zero-order valence-corrected chi connectivity index (χ0v) is 9.69. The Morgan fingerprint density at radius 2 is 2.00 bits per heavy atom. The molecule has 0 atom stereocenters. The molecule has 0 saturated heterocycles. The van der Waals surface area contributed by atoms with E-state index in [0.717, 1.165) is 5.56 Å². The van der Waals surface area contributed by atoms with E-state index in [0.29, 0.717) is 19.6 Å². The van der Waals surface area contributed by atoms with Crippen LogP contribution in [0.2, 0.25) is 0 Å². The highest BCUT2D eigenvalue weighted by Crippen LogP contribution is 1.93. The van der Waals surface area contributed by atoms with E-state index in [4.69, 9.17) is 0 Å². The van der Waals surface area contributed by atoms with Crippen LogP contribution in [0.4, 0.5) is 4.79 Å². The summed E-state index contributed by atoms with van der Waals surface area (Å²) in [5, 5.41) is 7.89. The number of nitrogens with one attached hydrogen (secondary N) is 3. The third kappa shape index (κ3) is 6.14. The van der Waals surface area contributed by atoms with Gasteiger partial charge < -0.3 is 16.0 Å². The summed E-state index contributed by atoms with van der Waals surface area (Å²) in [5.41, 5.74) is 0.935. The molecule has 1 heterocycles. The van der Waals surface area contributed by atoms with Crippen LogP contribution in [0.15, 0.2) is 24.5 Å². The number of carbonyl (C=O) groups is 2. The lowest BCUT2D eigenvalue weighted by atomic mass is 10.3.